The smallest absolute Gasteiger partial charge is 0.246 e. The van der Waals surface area contributed by atoms with E-state index in [0.717, 1.165) is 37.0 Å². The molecule has 30 heavy (non-hydrogen) atoms. The monoisotopic (exact) mass is 404 g/mol. The first kappa shape index (κ1) is 20.1. The molecule has 156 valence electrons. The molecule has 1 N–H and O–H groups in total. The fourth-order valence-corrected chi connectivity index (χ4v) is 4.08. The van der Waals surface area contributed by atoms with Crippen molar-refractivity contribution in [3.8, 4) is 11.5 Å². The summed E-state index contributed by atoms with van der Waals surface area (Å²) in [7, 11) is 1.62. The molecule has 0 radical (unpaired) electrons. The Labute approximate surface area is 177 Å². The van der Waals surface area contributed by atoms with Crippen LogP contribution < -0.4 is 9.47 Å². The van der Waals surface area contributed by atoms with Crippen LogP contribution in [0.25, 0.3) is 17.0 Å². The number of nitrogens with zero attached hydrogens (tertiary/aromatic N) is 1. The highest BCUT2D eigenvalue weighted by Gasteiger charge is 2.24. The molecule has 2 aromatic carbocycles. The molecule has 0 bridgehead atoms. The van der Waals surface area contributed by atoms with Gasteiger partial charge < -0.3 is 19.4 Å². The molecule has 2 heterocycles. The van der Waals surface area contributed by atoms with Gasteiger partial charge in [0, 0.05) is 36.3 Å². The molecule has 1 saturated heterocycles. The largest absolute Gasteiger partial charge is 0.493 e. The van der Waals surface area contributed by atoms with E-state index >= 15 is 0 Å². The summed E-state index contributed by atoms with van der Waals surface area (Å²) in [6.45, 7) is 4.05. The van der Waals surface area contributed by atoms with Gasteiger partial charge in [-0.3, -0.25) is 4.79 Å². The molecule has 1 atom stereocenters. The van der Waals surface area contributed by atoms with E-state index in [4.69, 9.17) is 9.47 Å². The molecular weight excluding hydrogens is 376 g/mol. The standard InChI is InChI=1S/C25H28N2O3/c1-3-30-23-12-10-18(15-24(23)29-2)11-13-25(28)27-14-6-8-20(17-27)22-16-19-7-4-5-9-21(19)26-22/h4-5,7,9-13,15-16,20,26H,3,6,8,14,17H2,1-2H3/b13-11+. The number of hydrogen-bond donors (Lipinski definition) is 1. The van der Waals surface area contributed by atoms with Gasteiger partial charge in [0.1, 0.15) is 0 Å². The van der Waals surface area contributed by atoms with E-state index in [1.165, 1.54) is 11.1 Å². The van der Waals surface area contributed by atoms with Gasteiger partial charge in [-0.1, -0.05) is 24.3 Å². The molecule has 1 aliphatic rings. The number of methoxy groups -OCH3 is 1. The maximum Gasteiger partial charge on any atom is 0.246 e. The van der Waals surface area contributed by atoms with Crippen LogP contribution in [0.3, 0.4) is 0 Å². The van der Waals surface area contributed by atoms with Gasteiger partial charge in [-0.05, 0) is 61.1 Å². The van der Waals surface area contributed by atoms with Crippen molar-refractivity contribution in [3.05, 3.63) is 65.9 Å². The molecule has 3 aromatic rings. The second kappa shape index (κ2) is 9.08. The van der Waals surface area contributed by atoms with Crippen LogP contribution in [0.5, 0.6) is 11.5 Å². The molecule has 5 heteroatoms. The van der Waals surface area contributed by atoms with Gasteiger partial charge in [-0.15, -0.1) is 0 Å². The van der Waals surface area contributed by atoms with E-state index < -0.39 is 0 Å². The fraction of sp³-hybridized carbons (Fsp3) is 0.320. The van der Waals surface area contributed by atoms with Crippen molar-refractivity contribution >= 4 is 22.9 Å². The number of aromatic nitrogens is 1. The molecular formula is C25H28N2O3. The number of benzene rings is 2. The Morgan fingerprint density at radius 2 is 2.07 bits per heavy atom. The minimum atomic E-state index is 0.0451. The van der Waals surface area contributed by atoms with Crippen LogP contribution in [-0.4, -0.2) is 42.6 Å². The fourth-order valence-electron chi connectivity index (χ4n) is 4.08. The second-order valence-electron chi connectivity index (χ2n) is 7.61. The number of carbonyl (C=O) groups is 1. The predicted octanol–water partition coefficient (Wildman–Crippen LogP) is 4.99. The molecule has 5 nitrogen and oxygen atoms in total. The van der Waals surface area contributed by atoms with E-state index in [9.17, 15) is 4.79 Å². The SMILES string of the molecule is CCOc1ccc(/C=C/C(=O)N2CCCC(c3cc4ccccc4[nH]3)C2)cc1OC. The zero-order valence-electron chi connectivity index (χ0n) is 17.6. The maximum atomic E-state index is 12.8. The highest BCUT2D eigenvalue weighted by molar-refractivity contribution is 5.92. The zero-order chi connectivity index (χ0) is 20.9. The molecule has 0 saturated carbocycles. The lowest BCUT2D eigenvalue weighted by molar-refractivity contribution is -0.127. The van der Waals surface area contributed by atoms with E-state index in [1.807, 2.05) is 42.2 Å². The summed E-state index contributed by atoms with van der Waals surface area (Å²) in [5.41, 5.74) is 3.28. The normalized spacial score (nSPS) is 16.9. The third-order valence-electron chi connectivity index (χ3n) is 5.63. The summed E-state index contributed by atoms with van der Waals surface area (Å²) in [5, 5.41) is 1.22. The van der Waals surface area contributed by atoms with Crippen molar-refractivity contribution < 1.29 is 14.3 Å². The van der Waals surface area contributed by atoms with Crippen LogP contribution in [0, 0.1) is 0 Å². The molecule has 1 aliphatic heterocycles. The Morgan fingerprint density at radius 1 is 1.20 bits per heavy atom. The highest BCUT2D eigenvalue weighted by atomic mass is 16.5. The van der Waals surface area contributed by atoms with Crippen LogP contribution in [0.15, 0.2) is 54.6 Å². The minimum Gasteiger partial charge on any atom is -0.493 e. The quantitative estimate of drug-likeness (QED) is 0.589. The Bertz CT molecular complexity index is 1020. The van der Waals surface area contributed by atoms with Crippen molar-refractivity contribution in [3.63, 3.8) is 0 Å². The third kappa shape index (κ3) is 4.35. The number of ether oxygens (including phenoxy) is 2. The summed E-state index contributed by atoms with van der Waals surface area (Å²) in [4.78, 5) is 18.3. The molecule has 1 unspecified atom stereocenters. The number of hydrogen-bond acceptors (Lipinski definition) is 3. The molecule has 1 amide bonds. The molecule has 0 aliphatic carbocycles. The van der Waals surface area contributed by atoms with E-state index in [1.54, 1.807) is 13.2 Å². The Hall–Kier alpha value is -3.21. The van der Waals surface area contributed by atoms with Crippen molar-refractivity contribution in [1.82, 2.24) is 9.88 Å². The summed E-state index contributed by atoms with van der Waals surface area (Å²) in [6, 6.07) is 16.2. The van der Waals surface area contributed by atoms with Gasteiger partial charge >= 0.3 is 0 Å². The molecule has 0 spiro atoms. The van der Waals surface area contributed by atoms with Crippen molar-refractivity contribution in [2.75, 3.05) is 26.8 Å². The molecule has 1 fully saturated rings. The number of aromatic amines is 1. The minimum absolute atomic E-state index is 0.0451. The molecule has 1 aromatic heterocycles. The van der Waals surface area contributed by atoms with Crippen LogP contribution >= 0.6 is 0 Å². The summed E-state index contributed by atoms with van der Waals surface area (Å²) in [6.07, 6.45) is 5.60. The summed E-state index contributed by atoms with van der Waals surface area (Å²) < 4.78 is 10.9. The summed E-state index contributed by atoms with van der Waals surface area (Å²) >= 11 is 0. The zero-order valence-corrected chi connectivity index (χ0v) is 17.6. The molecule has 4 rings (SSSR count). The number of likely N-dealkylation sites (tertiary alicyclic amines) is 1. The maximum absolute atomic E-state index is 12.8. The number of fused-ring (bicyclic) bond motifs is 1. The predicted molar refractivity (Wildman–Crippen MR) is 120 cm³/mol. The average Bonchev–Trinajstić information content (AvgIpc) is 3.23. The Balaban J connectivity index is 1.44. The first-order chi connectivity index (χ1) is 14.7. The number of piperidine rings is 1. The highest BCUT2D eigenvalue weighted by Crippen LogP contribution is 2.30. The number of para-hydroxylation sites is 1. The third-order valence-corrected chi connectivity index (χ3v) is 5.63. The number of carbonyl (C=O) groups excluding carboxylic acids is 1. The lowest BCUT2D eigenvalue weighted by atomic mass is 9.94. The number of H-pyrrole nitrogens is 1. The van der Waals surface area contributed by atoms with Gasteiger partial charge in [0.15, 0.2) is 11.5 Å². The van der Waals surface area contributed by atoms with Gasteiger partial charge in [0.05, 0.1) is 13.7 Å². The Kier molecular flexibility index (Phi) is 6.07. The Morgan fingerprint density at radius 3 is 2.87 bits per heavy atom. The van der Waals surface area contributed by atoms with E-state index in [2.05, 4.69) is 29.2 Å². The second-order valence-corrected chi connectivity index (χ2v) is 7.61. The van der Waals surface area contributed by atoms with Crippen LogP contribution in [0.2, 0.25) is 0 Å². The number of amides is 1. The lowest BCUT2D eigenvalue weighted by Crippen LogP contribution is -2.38. The van der Waals surface area contributed by atoms with Crippen LogP contribution in [0.4, 0.5) is 0 Å². The van der Waals surface area contributed by atoms with Crippen LogP contribution in [0.1, 0.15) is 36.9 Å². The lowest BCUT2D eigenvalue weighted by Gasteiger charge is -2.31. The summed E-state index contributed by atoms with van der Waals surface area (Å²) in [5.74, 6) is 1.77. The van der Waals surface area contributed by atoms with Crippen molar-refractivity contribution in [1.29, 1.82) is 0 Å². The van der Waals surface area contributed by atoms with Gasteiger partial charge in [0.25, 0.3) is 0 Å². The first-order valence-electron chi connectivity index (χ1n) is 10.5. The van der Waals surface area contributed by atoms with E-state index in [-0.39, 0.29) is 5.91 Å². The average molecular weight is 405 g/mol. The topological polar surface area (TPSA) is 54.6 Å². The van der Waals surface area contributed by atoms with Gasteiger partial charge in [0.2, 0.25) is 5.91 Å². The van der Waals surface area contributed by atoms with Gasteiger partial charge in [-0.25, -0.2) is 0 Å². The number of rotatable bonds is 6. The van der Waals surface area contributed by atoms with Crippen molar-refractivity contribution in [2.24, 2.45) is 0 Å². The first-order valence-corrected chi connectivity index (χ1v) is 10.5. The van der Waals surface area contributed by atoms with Crippen molar-refractivity contribution in [2.45, 2.75) is 25.7 Å². The van der Waals surface area contributed by atoms with Gasteiger partial charge in [-0.2, -0.15) is 0 Å². The van der Waals surface area contributed by atoms with Crippen LogP contribution in [-0.2, 0) is 4.79 Å². The number of nitrogens with one attached hydrogen (secondary N) is 1. The van der Waals surface area contributed by atoms with E-state index in [0.29, 0.717) is 24.0 Å².